The molecule has 0 unspecified atom stereocenters. The molecule has 4 aromatic rings. The first kappa shape index (κ1) is 17.6. The number of fused-ring (bicyclic) bond motifs is 1. The van der Waals surface area contributed by atoms with Crippen molar-refractivity contribution in [3.05, 3.63) is 79.1 Å². The molecule has 4 rings (SSSR count). The number of anilines is 1. The number of carbonyl (C=O) groups excluding carboxylic acids is 1. The van der Waals surface area contributed by atoms with Gasteiger partial charge in [-0.15, -0.1) is 0 Å². The van der Waals surface area contributed by atoms with Gasteiger partial charge < -0.3 is 10.1 Å². The Morgan fingerprint density at radius 3 is 2.43 bits per heavy atom. The molecule has 2 heterocycles. The third kappa shape index (κ3) is 3.96. The van der Waals surface area contributed by atoms with Gasteiger partial charge in [-0.3, -0.25) is 9.78 Å². The zero-order valence-corrected chi connectivity index (χ0v) is 15.2. The topological polar surface area (TPSA) is 77.0 Å². The number of rotatable bonds is 5. The summed E-state index contributed by atoms with van der Waals surface area (Å²) in [5.41, 5.74) is 3.42. The summed E-state index contributed by atoms with van der Waals surface area (Å²) in [6.45, 7) is 1.70. The quantitative estimate of drug-likeness (QED) is 0.572. The summed E-state index contributed by atoms with van der Waals surface area (Å²) in [7, 11) is 0. The predicted octanol–water partition coefficient (Wildman–Crippen LogP) is 4.10. The molecule has 0 aliphatic rings. The van der Waals surface area contributed by atoms with Crippen LogP contribution in [-0.4, -0.2) is 27.0 Å². The van der Waals surface area contributed by atoms with Crippen molar-refractivity contribution in [2.75, 3.05) is 5.32 Å². The van der Waals surface area contributed by atoms with E-state index >= 15 is 0 Å². The molecule has 0 saturated carbocycles. The van der Waals surface area contributed by atoms with E-state index in [0.717, 1.165) is 22.3 Å². The van der Waals surface area contributed by atoms with Gasteiger partial charge in [0.25, 0.3) is 5.91 Å². The maximum absolute atomic E-state index is 12.2. The van der Waals surface area contributed by atoms with Gasteiger partial charge >= 0.3 is 0 Å². The van der Waals surface area contributed by atoms with Crippen LogP contribution >= 0.6 is 0 Å². The summed E-state index contributed by atoms with van der Waals surface area (Å²) in [5, 5.41) is 2.72. The number of nitrogens with zero attached hydrogens (tertiary/aromatic N) is 3. The van der Waals surface area contributed by atoms with E-state index in [4.69, 9.17) is 4.74 Å². The largest absolute Gasteiger partial charge is 0.481 e. The molecule has 0 bridgehead atoms. The van der Waals surface area contributed by atoms with Gasteiger partial charge in [0.1, 0.15) is 11.6 Å². The molecular formula is C22H18N4O2. The molecule has 2 aromatic carbocycles. The minimum Gasteiger partial charge on any atom is -0.481 e. The molecule has 0 fully saturated rings. The molecule has 138 valence electrons. The van der Waals surface area contributed by atoms with Gasteiger partial charge in [0.05, 0.1) is 22.9 Å². The van der Waals surface area contributed by atoms with E-state index in [9.17, 15) is 4.79 Å². The first-order valence-electron chi connectivity index (χ1n) is 8.90. The lowest BCUT2D eigenvalue weighted by molar-refractivity contribution is -0.122. The normalized spacial score (nSPS) is 11.8. The first-order chi connectivity index (χ1) is 13.7. The second-order valence-corrected chi connectivity index (χ2v) is 6.23. The average Bonchev–Trinajstić information content (AvgIpc) is 2.74. The Morgan fingerprint density at radius 1 is 0.929 bits per heavy atom. The molecule has 1 N–H and O–H groups in total. The van der Waals surface area contributed by atoms with E-state index in [1.165, 1.54) is 0 Å². The fourth-order valence-electron chi connectivity index (χ4n) is 2.72. The number of pyridine rings is 1. The van der Waals surface area contributed by atoms with Crippen LogP contribution in [0.1, 0.15) is 6.92 Å². The molecule has 28 heavy (non-hydrogen) atoms. The Morgan fingerprint density at radius 2 is 1.68 bits per heavy atom. The summed E-state index contributed by atoms with van der Waals surface area (Å²) < 4.78 is 5.73. The van der Waals surface area contributed by atoms with Gasteiger partial charge in [0, 0.05) is 11.8 Å². The number of hydrogen-bond donors (Lipinski definition) is 1. The Balaban J connectivity index is 1.44. The smallest absolute Gasteiger partial charge is 0.266 e. The van der Waals surface area contributed by atoms with Gasteiger partial charge in [0.2, 0.25) is 0 Å². The summed E-state index contributed by atoms with van der Waals surface area (Å²) >= 11 is 0. The number of amides is 1. The number of aromatic nitrogens is 3. The minimum absolute atomic E-state index is 0.261. The summed E-state index contributed by atoms with van der Waals surface area (Å²) in [5.74, 6) is 0.831. The van der Waals surface area contributed by atoms with E-state index in [-0.39, 0.29) is 5.91 Å². The highest BCUT2D eigenvalue weighted by Gasteiger charge is 2.15. The van der Waals surface area contributed by atoms with Crippen molar-refractivity contribution in [3.8, 4) is 17.0 Å². The fraction of sp³-hybridized carbons (Fsp3) is 0.0909. The van der Waals surface area contributed by atoms with Crippen LogP contribution in [0.25, 0.3) is 22.3 Å². The van der Waals surface area contributed by atoms with Crippen molar-refractivity contribution in [2.24, 2.45) is 0 Å². The first-order valence-corrected chi connectivity index (χ1v) is 8.90. The molecule has 0 aliphatic carbocycles. The molecule has 6 nitrogen and oxygen atoms in total. The van der Waals surface area contributed by atoms with Gasteiger partial charge in [0.15, 0.2) is 6.10 Å². The van der Waals surface area contributed by atoms with Crippen LogP contribution in [-0.2, 0) is 4.79 Å². The highest BCUT2D eigenvalue weighted by molar-refractivity contribution is 5.93. The van der Waals surface area contributed by atoms with Crippen LogP contribution < -0.4 is 10.1 Å². The van der Waals surface area contributed by atoms with Crippen molar-refractivity contribution in [3.63, 3.8) is 0 Å². The van der Waals surface area contributed by atoms with Crippen LogP contribution in [0.2, 0.25) is 0 Å². The van der Waals surface area contributed by atoms with Gasteiger partial charge in [-0.1, -0.05) is 18.2 Å². The zero-order chi connectivity index (χ0) is 19.3. The molecule has 0 spiro atoms. The van der Waals surface area contributed by atoms with Crippen LogP contribution in [0.5, 0.6) is 5.75 Å². The lowest BCUT2D eigenvalue weighted by Gasteiger charge is -2.14. The molecule has 6 heteroatoms. The number of carbonyl (C=O) groups is 1. The van der Waals surface area contributed by atoms with E-state index in [2.05, 4.69) is 20.3 Å². The maximum atomic E-state index is 12.2. The molecular weight excluding hydrogens is 352 g/mol. The van der Waals surface area contributed by atoms with E-state index in [1.54, 1.807) is 31.5 Å². The fourth-order valence-corrected chi connectivity index (χ4v) is 2.72. The van der Waals surface area contributed by atoms with E-state index < -0.39 is 6.10 Å². The van der Waals surface area contributed by atoms with Crippen molar-refractivity contribution in [1.82, 2.24) is 15.0 Å². The lowest BCUT2D eigenvalue weighted by Crippen LogP contribution is -2.30. The van der Waals surface area contributed by atoms with Crippen molar-refractivity contribution < 1.29 is 9.53 Å². The van der Waals surface area contributed by atoms with E-state index in [0.29, 0.717) is 11.6 Å². The number of nitrogens with one attached hydrogen (secondary N) is 1. The van der Waals surface area contributed by atoms with Crippen LogP contribution in [0.4, 0.5) is 5.82 Å². The van der Waals surface area contributed by atoms with Crippen LogP contribution in [0.3, 0.4) is 0 Å². The molecule has 1 atom stereocenters. The van der Waals surface area contributed by atoms with Gasteiger partial charge in [-0.25, -0.2) is 9.97 Å². The van der Waals surface area contributed by atoms with Gasteiger partial charge in [-0.2, -0.15) is 0 Å². The summed E-state index contributed by atoms with van der Waals surface area (Å²) in [4.78, 5) is 25.4. The summed E-state index contributed by atoms with van der Waals surface area (Å²) in [6.07, 6.45) is 2.71. The standard InChI is InChI=1S/C22H18N4O2/c1-15(22(27)26-21-8-4-5-13-23-21)28-17-11-9-16(10-12-17)20-14-24-18-6-2-3-7-19(18)25-20/h2-15H,1H3,(H,23,26,27)/t15-/m0/s1. The third-order valence-electron chi connectivity index (χ3n) is 4.20. The second kappa shape index (κ2) is 7.84. The van der Waals surface area contributed by atoms with Crippen molar-refractivity contribution in [1.29, 1.82) is 0 Å². The van der Waals surface area contributed by atoms with Crippen molar-refractivity contribution >= 4 is 22.8 Å². The Kier molecular flexibility index (Phi) is 4.93. The Labute approximate surface area is 162 Å². The average molecular weight is 370 g/mol. The maximum Gasteiger partial charge on any atom is 0.266 e. The monoisotopic (exact) mass is 370 g/mol. The number of para-hydroxylation sites is 2. The number of ether oxygens (including phenoxy) is 1. The molecule has 0 aliphatic heterocycles. The number of hydrogen-bond acceptors (Lipinski definition) is 5. The zero-order valence-electron chi connectivity index (χ0n) is 15.2. The minimum atomic E-state index is -0.659. The highest BCUT2D eigenvalue weighted by atomic mass is 16.5. The molecule has 1 amide bonds. The number of benzene rings is 2. The van der Waals surface area contributed by atoms with E-state index in [1.807, 2.05) is 54.6 Å². The molecule has 0 saturated heterocycles. The van der Waals surface area contributed by atoms with Crippen molar-refractivity contribution in [2.45, 2.75) is 13.0 Å². The second-order valence-electron chi connectivity index (χ2n) is 6.23. The lowest BCUT2D eigenvalue weighted by atomic mass is 10.1. The Bertz CT molecular complexity index is 1100. The van der Waals surface area contributed by atoms with Crippen LogP contribution in [0, 0.1) is 0 Å². The third-order valence-corrected chi connectivity index (χ3v) is 4.20. The van der Waals surface area contributed by atoms with Crippen LogP contribution in [0.15, 0.2) is 79.1 Å². The predicted molar refractivity (Wildman–Crippen MR) is 108 cm³/mol. The van der Waals surface area contributed by atoms with Gasteiger partial charge in [-0.05, 0) is 55.5 Å². The molecule has 0 radical (unpaired) electrons. The Hall–Kier alpha value is -3.80. The SMILES string of the molecule is C[C@H](Oc1ccc(-c2cnc3ccccc3n2)cc1)C(=O)Nc1ccccn1. The summed E-state index contributed by atoms with van der Waals surface area (Å²) in [6, 6.07) is 20.5. The highest BCUT2D eigenvalue weighted by Crippen LogP contribution is 2.22. The molecule has 2 aromatic heterocycles.